The fourth-order valence-electron chi connectivity index (χ4n) is 1.47. The van der Waals surface area contributed by atoms with Crippen LogP contribution < -0.4 is 15.5 Å². The van der Waals surface area contributed by atoms with Crippen molar-refractivity contribution in [1.82, 2.24) is 15.0 Å². The van der Waals surface area contributed by atoms with Gasteiger partial charge in [0.25, 0.3) is 0 Å². The topological polar surface area (TPSA) is 99.0 Å². The molecule has 22 heavy (non-hydrogen) atoms. The summed E-state index contributed by atoms with van der Waals surface area (Å²) in [6, 6.07) is 0.315. The highest BCUT2D eigenvalue weighted by Gasteiger charge is 2.14. The van der Waals surface area contributed by atoms with Crippen LogP contribution in [0.15, 0.2) is 0 Å². The number of ether oxygens (including phenoxy) is 1. The first-order valence-electron chi connectivity index (χ1n) is 7.06. The zero-order chi connectivity index (χ0) is 16.5. The Balaban J connectivity index is 3.01. The maximum Gasteiger partial charge on any atom is 0.247 e. The number of nitrogens with one attached hydrogen (secondary N) is 2. The van der Waals surface area contributed by atoms with E-state index in [1.54, 1.807) is 0 Å². The molecule has 0 unspecified atom stereocenters. The average Bonchev–Trinajstić information content (AvgIpc) is 2.41. The molecular formula is C13H22ClN7O. The van der Waals surface area contributed by atoms with E-state index in [0.717, 1.165) is 0 Å². The zero-order valence-electron chi connectivity index (χ0n) is 13.3. The first kappa shape index (κ1) is 18.2. The molecule has 0 aliphatic rings. The second-order valence-corrected chi connectivity index (χ2v) is 5.51. The van der Waals surface area contributed by atoms with Crippen LogP contribution in [-0.2, 0) is 4.74 Å². The molecule has 0 atom stereocenters. The van der Waals surface area contributed by atoms with E-state index in [-0.39, 0.29) is 24.8 Å². The minimum absolute atomic E-state index is 0.0372. The standard InChI is InChI=1S/C13H22ClN7O/c1-9(2)16-11-18-12(17-10(3)4)20-13(19-11)21(7-15)8-22-6-5-14/h9-10H,5-6,8H2,1-4H3,(H2,16,17,18,19,20). The molecular weight excluding hydrogens is 306 g/mol. The van der Waals surface area contributed by atoms with Crippen molar-refractivity contribution >= 4 is 29.4 Å². The van der Waals surface area contributed by atoms with Gasteiger partial charge in [0.2, 0.25) is 17.8 Å². The van der Waals surface area contributed by atoms with Crippen molar-refractivity contribution in [2.24, 2.45) is 0 Å². The minimum atomic E-state index is 0.0372. The van der Waals surface area contributed by atoms with Gasteiger partial charge in [0, 0.05) is 18.0 Å². The molecule has 0 saturated heterocycles. The SMILES string of the molecule is CC(C)Nc1nc(NC(C)C)nc(N(C#N)COCCCl)n1. The lowest BCUT2D eigenvalue weighted by Crippen LogP contribution is -2.25. The molecule has 0 radical (unpaired) electrons. The molecule has 0 bridgehead atoms. The number of hydrogen-bond donors (Lipinski definition) is 2. The molecule has 1 rings (SSSR count). The third-order valence-corrected chi connectivity index (χ3v) is 2.42. The predicted molar refractivity (Wildman–Crippen MR) is 87.0 cm³/mol. The number of halogens is 1. The van der Waals surface area contributed by atoms with Gasteiger partial charge in [0.15, 0.2) is 6.19 Å². The molecule has 0 spiro atoms. The monoisotopic (exact) mass is 327 g/mol. The Morgan fingerprint density at radius 3 is 2.09 bits per heavy atom. The molecule has 9 heteroatoms. The molecule has 0 saturated carbocycles. The van der Waals surface area contributed by atoms with Gasteiger partial charge in [-0.3, -0.25) is 0 Å². The van der Waals surface area contributed by atoms with E-state index in [1.807, 2.05) is 33.9 Å². The number of nitriles is 1. The second-order valence-electron chi connectivity index (χ2n) is 5.14. The summed E-state index contributed by atoms with van der Waals surface area (Å²) in [6.07, 6.45) is 2.00. The average molecular weight is 328 g/mol. The van der Waals surface area contributed by atoms with Crippen LogP contribution >= 0.6 is 11.6 Å². The maximum atomic E-state index is 9.25. The molecule has 0 aliphatic heterocycles. The van der Waals surface area contributed by atoms with E-state index < -0.39 is 0 Å². The van der Waals surface area contributed by atoms with Crippen molar-refractivity contribution in [2.75, 3.05) is 34.8 Å². The lowest BCUT2D eigenvalue weighted by molar-refractivity contribution is 0.155. The second kappa shape index (κ2) is 9.23. The van der Waals surface area contributed by atoms with Gasteiger partial charge in [0.05, 0.1) is 6.61 Å². The number of hydrogen-bond acceptors (Lipinski definition) is 8. The van der Waals surface area contributed by atoms with E-state index in [2.05, 4.69) is 25.6 Å². The highest BCUT2D eigenvalue weighted by Crippen LogP contribution is 2.14. The Labute approximate surface area is 135 Å². The Bertz CT molecular complexity index is 475. The molecule has 0 aromatic carbocycles. The predicted octanol–water partition coefficient (Wildman–Crippen LogP) is 2.01. The van der Waals surface area contributed by atoms with Crippen LogP contribution in [0.1, 0.15) is 27.7 Å². The van der Waals surface area contributed by atoms with Crippen LogP contribution in [0, 0.1) is 11.5 Å². The summed E-state index contributed by atoms with van der Waals surface area (Å²) in [5, 5.41) is 15.5. The van der Waals surface area contributed by atoms with Crippen LogP contribution in [-0.4, -0.2) is 46.3 Å². The molecule has 8 nitrogen and oxygen atoms in total. The van der Waals surface area contributed by atoms with Crippen molar-refractivity contribution in [3.8, 4) is 6.19 Å². The van der Waals surface area contributed by atoms with Crippen LogP contribution in [0.2, 0.25) is 0 Å². The van der Waals surface area contributed by atoms with Gasteiger partial charge >= 0.3 is 0 Å². The minimum Gasteiger partial charge on any atom is -0.359 e. The fourth-order valence-corrected chi connectivity index (χ4v) is 1.58. The van der Waals surface area contributed by atoms with Gasteiger partial charge in [0.1, 0.15) is 6.73 Å². The molecule has 1 aromatic rings. The van der Waals surface area contributed by atoms with Gasteiger partial charge in [-0.1, -0.05) is 0 Å². The summed E-state index contributed by atoms with van der Waals surface area (Å²) in [4.78, 5) is 14.0. The van der Waals surface area contributed by atoms with Crippen molar-refractivity contribution in [1.29, 1.82) is 5.26 Å². The number of nitrogens with zero attached hydrogens (tertiary/aromatic N) is 5. The van der Waals surface area contributed by atoms with Gasteiger partial charge in [-0.15, -0.1) is 11.6 Å². The van der Waals surface area contributed by atoms with Crippen LogP contribution in [0.3, 0.4) is 0 Å². The zero-order valence-corrected chi connectivity index (χ0v) is 14.1. The van der Waals surface area contributed by atoms with Gasteiger partial charge < -0.3 is 15.4 Å². The van der Waals surface area contributed by atoms with E-state index in [0.29, 0.717) is 24.4 Å². The Morgan fingerprint density at radius 1 is 1.14 bits per heavy atom. The number of rotatable bonds is 9. The number of anilines is 3. The number of aromatic nitrogens is 3. The van der Waals surface area contributed by atoms with Crippen molar-refractivity contribution in [2.45, 2.75) is 39.8 Å². The summed E-state index contributed by atoms with van der Waals surface area (Å²) in [5.74, 6) is 1.39. The van der Waals surface area contributed by atoms with Crippen molar-refractivity contribution < 1.29 is 4.74 Å². The molecule has 0 aliphatic carbocycles. The first-order valence-corrected chi connectivity index (χ1v) is 7.59. The van der Waals surface area contributed by atoms with Crippen LogP contribution in [0.5, 0.6) is 0 Å². The Morgan fingerprint density at radius 2 is 1.68 bits per heavy atom. The summed E-state index contributed by atoms with van der Waals surface area (Å²) >= 11 is 5.55. The fraction of sp³-hybridized carbons (Fsp3) is 0.692. The summed E-state index contributed by atoms with van der Waals surface area (Å²) < 4.78 is 5.26. The largest absolute Gasteiger partial charge is 0.359 e. The lowest BCUT2D eigenvalue weighted by Gasteiger charge is -2.17. The maximum absolute atomic E-state index is 9.25. The normalized spacial score (nSPS) is 10.6. The molecule has 1 aromatic heterocycles. The van der Waals surface area contributed by atoms with E-state index >= 15 is 0 Å². The Hall–Kier alpha value is -1.85. The quantitative estimate of drug-likeness (QED) is 0.234. The summed E-state index contributed by atoms with van der Waals surface area (Å²) in [6.45, 7) is 8.29. The molecule has 122 valence electrons. The molecule has 1 heterocycles. The highest BCUT2D eigenvalue weighted by atomic mass is 35.5. The number of alkyl halides is 1. The van der Waals surface area contributed by atoms with Gasteiger partial charge in [-0.05, 0) is 27.7 Å². The molecule has 2 N–H and O–H groups in total. The lowest BCUT2D eigenvalue weighted by atomic mass is 10.4. The van der Waals surface area contributed by atoms with Crippen molar-refractivity contribution in [3.63, 3.8) is 0 Å². The van der Waals surface area contributed by atoms with Gasteiger partial charge in [-0.2, -0.15) is 20.2 Å². The first-order chi connectivity index (χ1) is 10.5. The third kappa shape index (κ3) is 6.28. The summed E-state index contributed by atoms with van der Waals surface area (Å²) in [7, 11) is 0. The Kier molecular flexibility index (Phi) is 7.63. The third-order valence-electron chi connectivity index (χ3n) is 2.26. The van der Waals surface area contributed by atoms with Crippen LogP contribution in [0.25, 0.3) is 0 Å². The van der Waals surface area contributed by atoms with E-state index in [9.17, 15) is 5.26 Å². The highest BCUT2D eigenvalue weighted by molar-refractivity contribution is 6.17. The van der Waals surface area contributed by atoms with E-state index in [1.165, 1.54) is 4.90 Å². The van der Waals surface area contributed by atoms with Crippen LogP contribution in [0.4, 0.5) is 17.8 Å². The smallest absolute Gasteiger partial charge is 0.247 e. The molecule has 0 amide bonds. The van der Waals surface area contributed by atoms with Gasteiger partial charge in [-0.25, -0.2) is 4.90 Å². The summed E-state index contributed by atoms with van der Waals surface area (Å²) in [5.41, 5.74) is 0. The molecule has 0 fully saturated rings. The van der Waals surface area contributed by atoms with Crippen molar-refractivity contribution in [3.05, 3.63) is 0 Å². The van der Waals surface area contributed by atoms with E-state index in [4.69, 9.17) is 16.3 Å².